The van der Waals surface area contributed by atoms with Crippen molar-refractivity contribution >= 4 is 22.5 Å². The van der Waals surface area contributed by atoms with Gasteiger partial charge in [0.25, 0.3) is 0 Å². The van der Waals surface area contributed by atoms with E-state index in [1.165, 1.54) is 11.0 Å². The summed E-state index contributed by atoms with van der Waals surface area (Å²) in [6.07, 6.45) is 0. The second-order valence-corrected chi connectivity index (χ2v) is 5.05. The van der Waals surface area contributed by atoms with E-state index >= 15 is 0 Å². The zero-order chi connectivity index (χ0) is 14.9. The molecule has 0 bridgehead atoms. The summed E-state index contributed by atoms with van der Waals surface area (Å²) < 4.78 is 13.8. The lowest BCUT2D eigenvalue weighted by molar-refractivity contribution is -0.129. The Bertz CT molecular complexity index is 655. The smallest absolute Gasteiger partial charge is 0.244 e. The maximum atomic E-state index is 13.8. The number of para-hydroxylation sites is 1. The molecule has 2 aromatic rings. The zero-order valence-electron chi connectivity index (χ0n) is 12.1. The number of pyridine rings is 1. The van der Waals surface area contributed by atoms with Gasteiger partial charge in [-0.3, -0.25) is 4.79 Å². The second kappa shape index (κ2) is 5.45. The number of anilines is 1. The Labute approximate surface area is 117 Å². The van der Waals surface area contributed by atoms with E-state index in [1.807, 2.05) is 6.07 Å². The van der Waals surface area contributed by atoms with Crippen LogP contribution in [-0.2, 0) is 4.79 Å². The number of carbonyl (C=O) groups is 1. The number of benzene rings is 1. The van der Waals surface area contributed by atoms with Gasteiger partial charge in [-0.05, 0) is 26.0 Å². The van der Waals surface area contributed by atoms with Crippen LogP contribution >= 0.6 is 0 Å². The van der Waals surface area contributed by atoms with Crippen LogP contribution in [0.15, 0.2) is 24.3 Å². The molecular weight excluding hydrogens is 257 g/mol. The highest BCUT2D eigenvalue weighted by atomic mass is 19.1. The highest BCUT2D eigenvalue weighted by Gasteiger charge is 2.16. The highest BCUT2D eigenvalue weighted by Crippen LogP contribution is 2.25. The van der Waals surface area contributed by atoms with Crippen LogP contribution in [0, 0.1) is 12.7 Å². The van der Waals surface area contributed by atoms with E-state index in [1.54, 1.807) is 40.1 Å². The average molecular weight is 275 g/mol. The van der Waals surface area contributed by atoms with Crippen LogP contribution in [-0.4, -0.2) is 35.9 Å². The number of hydrogen-bond acceptors (Lipinski definition) is 3. The number of hydrogen-bond donors (Lipinski definition) is 1. The average Bonchev–Trinajstić information content (AvgIpc) is 2.38. The molecule has 0 saturated heterocycles. The molecule has 0 spiro atoms. The van der Waals surface area contributed by atoms with E-state index in [-0.39, 0.29) is 11.7 Å². The van der Waals surface area contributed by atoms with Gasteiger partial charge in [-0.1, -0.05) is 12.1 Å². The lowest BCUT2D eigenvalue weighted by Crippen LogP contribution is -2.36. The Hall–Kier alpha value is -2.17. The summed E-state index contributed by atoms with van der Waals surface area (Å²) >= 11 is 0. The predicted octanol–water partition coefficient (Wildman–Crippen LogP) is 2.57. The van der Waals surface area contributed by atoms with E-state index in [2.05, 4.69) is 10.3 Å². The van der Waals surface area contributed by atoms with Crippen LogP contribution in [0.4, 0.5) is 10.1 Å². The van der Waals surface area contributed by atoms with Crippen molar-refractivity contribution in [1.29, 1.82) is 0 Å². The third kappa shape index (κ3) is 2.71. The minimum Gasteiger partial charge on any atom is -0.373 e. The van der Waals surface area contributed by atoms with Gasteiger partial charge in [0, 0.05) is 30.9 Å². The first-order chi connectivity index (χ1) is 9.40. The summed E-state index contributed by atoms with van der Waals surface area (Å²) in [6.45, 7) is 3.58. The number of likely N-dealkylation sites (N-methyl/N-ethyl adjacent to an activating group) is 1. The lowest BCUT2D eigenvalue weighted by atomic mass is 10.1. The van der Waals surface area contributed by atoms with Crippen molar-refractivity contribution in [3.63, 3.8) is 0 Å². The van der Waals surface area contributed by atoms with E-state index in [0.29, 0.717) is 16.6 Å². The van der Waals surface area contributed by atoms with Crippen LogP contribution in [0.3, 0.4) is 0 Å². The Morgan fingerprint density at radius 1 is 1.40 bits per heavy atom. The quantitative estimate of drug-likeness (QED) is 0.936. The van der Waals surface area contributed by atoms with Crippen LogP contribution in [0.25, 0.3) is 10.9 Å². The molecule has 1 amide bonds. The number of amides is 1. The van der Waals surface area contributed by atoms with Gasteiger partial charge in [0.15, 0.2) is 0 Å². The summed E-state index contributed by atoms with van der Waals surface area (Å²) in [5, 5.41) is 3.81. The second-order valence-electron chi connectivity index (χ2n) is 5.05. The zero-order valence-corrected chi connectivity index (χ0v) is 12.1. The minimum absolute atomic E-state index is 0.0379. The molecule has 1 aromatic carbocycles. The normalized spacial score (nSPS) is 12.2. The Balaban J connectivity index is 2.44. The monoisotopic (exact) mass is 275 g/mol. The first-order valence-corrected chi connectivity index (χ1v) is 6.43. The molecule has 5 heteroatoms. The van der Waals surface area contributed by atoms with Crippen LogP contribution in [0.2, 0.25) is 0 Å². The van der Waals surface area contributed by atoms with Crippen molar-refractivity contribution < 1.29 is 9.18 Å². The lowest BCUT2D eigenvalue weighted by Gasteiger charge is -2.20. The van der Waals surface area contributed by atoms with Gasteiger partial charge in [-0.15, -0.1) is 0 Å². The first-order valence-electron chi connectivity index (χ1n) is 6.43. The molecule has 0 saturated carbocycles. The largest absolute Gasteiger partial charge is 0.373 e. The van der Waals surface area contributed by atoms with Gasteiger partial charge in [0.2, 0.25) is 5.91 Å². The Kier molecular flexibility index (Phi) is 3.88. The number of rotatable bonds is 3. The first kappa shape index (κ1) is 14.2. The molecule has 0 fully saturated rings. The summed E-state index contributed by atoms with van der Waals surface area (Å²) in [5.41, 5.74) is 1.74. The number of halogens is 1. The highest BCUT2D eigenvalue weighted by molar-refractivity contribution is 5.94. The fourth-order valence-corrected chi connectivity index (χ4v) is 2.14. The van der Waals surface area contributed by atoms with Crippen molar-refractivity contribution in [2.45, 2.75) is 19.9 Å². The molecule has 4 nitrogen and oxygen atoms in total. The van der Waals surface area contributed by atoms with Gasteiger partial charge < -0.3 is 10.2 Å². The number of aromatic nitrogens is 1. The Morgan fingerprint density at radius 2 is 2.10 bits per heavy atom. The molecule has 0 radical (unpaired) electrons. The van der Waals surface area contributed by atoms with E-state index in [0.717, 1.165) is 5.69 Å². The maximum absolute atomic E-state index is 13.8. The predicted molar refractivity (Wildman–Crippen MR) is 78.2 cm³/mol. The summed E-state index contributed by atoms with van der Waals surface area (Å²) in [5.74, 6) is -0.398. The molecule has 2 rings (SSSR count). The summed E-state index contributed by atoms with van der Waals surface area (Å²) in [4.78, 5) is 17.6. The third-order valence-electron chi connectivity index (χ3n) is 3.10. The van der Waals surface area contributed by atoms with Crippen LogP contribution in [0.5, 0.6) is 0 Å². The Morgan fingerprint density at radius 3 is 2.75 bits per heavy atom. The molecule has 20 heavy (non-hydrogen) atoms. The molecule has 1 atom stereocenters. The maximum Gasteiger partial charge on any atom is 0.244 e. The standard InChI is InChI=1S/C15H18FN3O/c1-9-8-13(18-10(2)15(20)19(3)4)11-6-5-7-12(16)14(11)17-9/h5-8,10H,1-4H3,(H,17,18)/t10-/m0/s1. The molecule has 0 aliphatic carbocycles. The number of aryl methyl sites for hydroxylation is 1. The number of fused-ring (bicyclic) bond motifs is 1. The van der Waals surface area contributed by atoms with Crippen molar-refractivity contribution in [3.05, 3.63) is 35.8 Å². The molecule has 1 aromatic heterocycles. The van der Waals surface area contributed by atoms with Crippen molar-refractivity contribution in [3.8, 4) is 0 Å². The van der Waals surface area contributed by atoms with Crippen LogP contribution in [0.1, 0.15) is 12.6 Å². The number of nitrogens with one attached hydrogen (secondary N) is 1. The number of nitrogens with zero attached hydrogens (tertiary/aromatic N) is 2. The third-order valence-corrected chi connectivity index (χ3v) is 3.10. The van der Waals surface area contributed by atoms with Crippen LogP contribution < -0.4 is 5.32 Å². The van der Waals surface area contributed by atoms with Gasteiger partial charge in [0.1, 0.15) is 17.4 Å². The van der Waals surface area contributed by atoms with Gasteiger partial charge in [-0.25, -0.2) is 9.37 Å². The molecule has 0 unspecified atom stereocenters. The fourth-order valence-electron chi connectivity index (χ4n) is 2.14. The van der Waals surface area contributed by atoms with E-state index in [4.69, 9.17) is 0 Å². The molecule has 0 aliphatic rings. The van der Waals surface area contributed by atoms with E-state index < -0.39 is 6.04 Å². The molecular formula is C15H18FN3O. The topological polar surface area (TPSA) is 45.2 Å². The van der Waals surface area contributed by atoms with E-state index in [9.17, 15) is 9.18 Å². The molecule has 0 aliphatic heterocycles. The molecule has 1 heterocycles. The van der Waals surface area contributed by atoms with Crippen molar-refractivity contribution in [2.24, 2.45) is 0 Å². The van der Waals surface area contributed by atoms with Gasteiger partial charge >= 0.3 is 0 Å². The van der Waals surface area contributed by atoms with Crippen molar-refractivity contribution in [2.75, 3.05) is 19.4 Å². The summed E-state index contributed by atoms with van der Waals surface area (Å²) in [6, 6.07) is 6.24. The molecule has 106 valence electrons. The van der Waals surface area contributed by atoms with Gasteiger partial charge in [0.05, 0.1) is 0 Å². The molecule has 1 N–H and O–H groups in total. The fraction of sp³-hybridized carbons (Fsp3) is 0.333. The summed E-state index contributed by atoms with van der Waals surface area (Å²) in [7, 11) is 3.41. The number of carbonyl (C=O) groups excluding carboxylic acids is 1. The SMILES string of the molecule is Cc1cc(N[C@@H](C)C(=O)N(C)C)c2cccc(F)c2n1. The van der Waals surface area contributed by atoms with Crippen molar-refractivity contribution in [1.82, 2.24) is 9.88 Å². The minimum atomic E-state index is -0.390. The van der Waals surface area contributed by atoms with Gasteiger partial charge in [-0.2, -0.15) is 0 Å².